The van der Waals surface area contributed by atoms with Gasteiger partial charge in [0.1, 0.15) is 11.5 Å². The molecule has 1 atom stereocenters. The van der Waals surface area contributed by atoms with E-state index in [0.717, 1.165) is 0 Å². The summed E-state index contributed by atoms with van der Waals surface area (Å²) < 4.78 is 9.89. The van der Waals surface area contributed by atoms with Crippen molar-refractivity contribution in [1.82, 2.24) is 0 Å². The van der Waals surface area contributed by atoms with E-state index >= 15 is 0 Å². The summed E-state index contributed by atoms with van der Waals surface area (Å²) in [6.45, 7) is 0. The van der Waals surface area contributed by atoms with Gasteiger partial charge in [0.15, 0.2) is 5.38 Å². The van der Waals surface area contributed by atoms with Gasteiger partial charge in [-0.2, -0.15) is 0 Å². The highest BCUT2D eigenvalue weighted by Gasteiger charge is 2.31. The number of hydrogen-bond acceptors (Lipinski definition) is 3. The molecule has 0 saturated heterocycles. The highest BCUT2D eigenvalue weighted by Crippen LogP contribution is 2.39. The number of halogens is 1. The van der Waals surface area contributed by atoms with Gasteiger partial charge in [-0.3, -0.25) is 0 Å². The van der Waals surface area contributed by atoms with Crippen molar-refractivity contribution >= 4 is 17.6 Å². The van der Waals surface area contributed by atoms with Crippen molar-refractivity contribution in [2.24, 2.45) is 0 Å². The lowest BCUT2D eigenvalue weighted by atomic mass is 10.1. The zero-order valence-electron chi connectivity index (χ0n) is 6.91. The number of esters is 1. The summed E-state index contributed by atoms with van der Waals surface area (Å²) >= 11 is 5.79. The highest BCUT2D eigenvalue weighted by atomic mass is 35.5. The quantitative estimate of drug-likeness (QED) is 0.393. The van der Waals surface area contributed by atoms with Crippen LogP contribution in [0.15, 0.2) is 18.2 Å². The zero-order valence-corrected chi connectivity index (χ0v) is 7.67. The predicted molar refractivity (Wildman–Crippen MR) is 47.2 cm³/mol. The van der Waals surface area contributed by atoms with Gasteiger partial charge in [0.05, 0.1) is 7.11 Å². The predicted octanol–water partition coefficient (Wildman–Crippen LogP) is 1.89. The number of rotatable bonds is 1. The molecule has 2 rings (SSSR count). The number of carbonyl (C=O) groups excluding carboxylic acids is 1. The van der Waals surface area contributed by atoms with Crippen molar-refractivity contribution in [2.75, 3.05) is 7.11 Å². The SMILES string of the molecule is COc1ccc2c(c1)C(Cl)C(=O)O2. The fraction of sp³-hybridized carbons (Fsp3) is 0.222. The second-order valence-corrected chi connectivity index (χ2v) is 3.12. The minimum atomic E-state index is -0.704. The second-order valence-electron chi connectivity index (χ2n) is 2.69. The van der Waals surface area contributed by atoms with E-state index in [9.17, 15) is 4.79 Å². The molecule has 1 aliphatic rings. The van der Waals surface area contributed by atoms with Crippen LogP contribution in [0.1, 0.15) is 10.9 Å². The number of methoxy groups -OCH3 is 1. The highest BCUT2D eigenvalue weighted by molar-refractivity contribution is 6.31. The maximum absolute atomic E-state index is 11.0. The van der Waals surface area contributed by atoms with Crippen molar-refractivity contribution in [1.29, 1.82) is 0 Å². The van der Waals surface area contributed by atoms with E-state index in [4.69, 9.17) is 21.1 Å². The molecule has 1 heterocycles. The molecule has 1 aliphatic heterocycles. The molecule has 0 saturated carbocycles. The third kappa shape index (κ3) is 1.25. The first-order chi connectivity index (χ1) is 6.22. The Hall–Kier alpha value is -1.22. The minimum Gasteiger partial charge on any atom is -0.497 e. The van der Waals surface area contributed by atoms with Crippen LogP contribution in [0.4, 0.5) is 0 Å². The van der Waals surface area contributed by atoms with Gasteiger partial charge >= 0.3 is 5.97 Å². The number of benzene rings is 1. The van der Waals surface area contributed by atoms with E-state index in [-0.39, 0.29) is 0 Å². The average molecular weight is 199 g/mol. The molecule has 0 N–H and O–H groups in total. The lowest BCUT2D eigenvalue weighted by molar-refractivity contribution is -0.132. The van der Waals surface area contributed by atoms with Crippen molar-refractivity contribution in [3.05, 3.63) is 23.8 Å². The Balaban J connectivity index is 2.47. The first-order valence-electron chi connectivity index (χ1n) is 3.76. The van der Waals surface area contributed by atoms with Gasteiger partial charge in [0.25, 0.3) is 0 Å². The Labute approximate surface area is 80.2 Å². The lowest BCUT2D eigenvalue weighted by Crippen LogP contribution is -2.03. The number of alkyl halides is 1. The van der Waals surface area contributed by atoms with Crippen LogP contribution < -0.4 is 9.47 Å². The maximum atomic E-state index is 11.0. The average Bonchev–Trinajstić information content (AvgIpc) is 2.43. The zero-order chi connectivity index (χ0) is 9.42. The Morgan fingerprint density at radius 2 is 2.31 bits per heavy atom. The molecular weight excluding hydrogens is 192 g/mol. The van der Waals surface area contributed by atoms with Gasteiger partial charge < -0.3 is 9.47 Å². The van der Waals surface area contributed by atoms with Crippen LogP contribution >= 0.6 is 11.6 Å². The van der Waals surface area contributed by atoms with E-state index in [2.05, 4.69) is 0 Å². The largest absolute Gasteiger partial charge is 0.497 e. The minimum absolute atomic E-state index is 0.426. The maximum Gasteiger partial charge on any atom is 0.334 e. The van der Waals surface area contributed by atoms with Crippen LogP contribution in [0.25, 0.3) is 0 Å². The van der Waals surface area contributed by atoms with Crippen molar-refractivity contribution in [3.63, 3.8) is 0 Å². The molecule has 0 radical (unpaired) electrons. The van der Waals surface area contributed by atoms with Crippen LogP contribution in [-0.4, -0.2) is 13.1 Å². The van der Waals surface area contributed by atoms with Gasteiger partial charge in [-0.05, 0) is 18.2 Å². The summed E-state index contributed by atoms with van der Waals surface area (Å²) in [6.07, 6.45) is 0. The molecule has 1 unspecified atom stereocenters. The number of hydrogen-bond donors (Lipinski definition) is 0. The van der Waals surface area contributed by atoms with E-state index in [1.54, 1.807) is 25.3 Å². The molecule has 0 aliphatic carbocycles. The lowest BCUT2D eigenvalue weighted by Gasteiger charge is -2.01. The Morgan fingerprint density at radius 3 is 3.00 bits per heavy atom. The van der Waals surface area contributed by atoms with Gasteiger partial charge in [0.2, 0.25) is 0 Å². The second kappa shape index (κ2) is 2.92. The number of ether oxygens (including phenoxy) is 2. The monoisotopic (exact) mass is 198 g/mol. The Bertz CT molecular complexity index is 362. The van der Waals surface area contributed by atoms with E-state index in [1.165, 1.54) is 0 Å². The summed E-state index contributed by atoms with van der Waals surface area (Å²) in [5, 5.41) is -0.704. The normalized spacial score (nSPS) is 19.5. The molecule has 4 heteroatoms. The summed E-state index contributed by atoms with van der Waals surface area (Å²) in [7, 11) is 1.56. The van der Waals surface area contributed by atoms with Gasteiger partial charge in [-0.25, -0.2) is 4.79 Å². The molecule has 0 amide bonds. The van der Waals surface area contributed by atoms with Gasteiger partial charge in [-0.15, -0.1) is 11.6 Å². The van der Waals surface area contributed by atoms with Crippen LogP contribution in [0.3, 0.4) is 0 Å². The number of carbonyl (C=O) groups is 1. The molecule has 0 spiro atoms. The van der Waals surface area contributed by atoms with Crippen LogP contribution in [-0.2, 0) is 4.79 Å². The summed E-state index contributed by atoms with van der Waals surface area (Å²) in [6, 6.07) is 5.10. The third-order valence-electron chi connectivity index (χ3n) is 1.91. The standard InChI is InChI=1S/C9H7ClO3/c1-12-5-2-3-7-6(4-5)8(10)9(11)13-7/h2-4,8H,1H3. The molecule has 3 nitrogen and oxygen atoms in total. The van der Waals surface area contributed by atoms with E-state index in [0.29, 0.717) is 17.1 Å². The summed E-state index contributed by atoms with van der Waals surface area (Å²) in [4.78, 5) is 11.0. The Kier molecular flexibility index (Phi) is 1.88. The van der Waals surface area contributed by atoms with Crippen molar-refractivity contribution in [2.45, 2.75) is 5.38 Å². The van der Waals surface area contributed by atoms with Crippen LogP contribution in [0.5, 0.6) is 11.5 Å². The molecule has 0 aromatic heterocycles. The molecule has 0 fully saturated rings. The smallest absolute Gasteiger partial charge is 0.334 e. The summed E-state index contributed by atoms with van der Waals surface area (Å²) in [5.41, 5.74) is 0.672. The molecule has 1 aromatic carbocycles. The van der Waals surface area contributed by atoms with Gasteiger partial charge in [-0.1, -0.05) is 0 Å². The molecule has 68 valence electrons. The molecular formula is C9H7ClO3. The third-order valence-corrected chi connectivity index (χ3v) is 2.32. The van der Waals surface area contributed by atoms with Crippen LogP contribution in [0.2, 0.25) is 0 Å². The summed E-state index contributed by atoms with van der Waals surface area (Å²) in [5.74, 6) is 0.762. The van der Waals surface area contributed by atoms with Crippen molar-refractivity contribution in [3.8, 4) is 11.5 Å². The molecule has 0 bridgehead atoms. The Morgan fingerprint density at radius 1 is 1.54 bits per heavy atom. The molecule has 13 heavy (non-hydrogen) atoms. The van der Waals surface area contributed by atoms with Crippen LogP contribution in [0, 0.1) is 0 Å². The molecule has 1 aromatic rings. The van der Waals surface area contributed by atoms with Gasteiger partial charge in [0, 0.05) is 5.56 Å². The van der Waals surface area contributed by atoms with E-state index < -0.39 is 11.3 Å². The van der Waals surface area contributed by atoms with E-state index in [1.807, 2.05) is 0 Å². The first-order valence-corrected chi connectivity index (χ1v) is 4.19. The first kappa shape index (κ1) is 8.38. The van der Waals surface area contributed by atoms with Crippen molar-refractivity contribution < 1.29 is 14.3 Å². The topological polar surface area (TPSA) is 35.5 Å². The fourth-order valence-corrected chi connectivity index (χ4v) is 1.45. The number of fused-ring (bicyclic) bond motifs is 1. The fourth-order valence-electron chi connectivity index (χ4n) is 1.23.